The number of unbranched alkanes of at least 4 members (excludes halogenated alkanes) is 7. The molecule has 26 heavy (non-hydrogen) atoms. The Kier molecular flexibility index (Phi) is 22.6. The molecule has 6 nitrogen and oxygen atoms in total. The van der Waals surface area contributed by atoms with E-state index in [-0.39, 0.29) is 19.3 Å². The van der Waals surface area contributed by atoms with Gasteiger partial charge in [0.05, 0.1) is 65.6 Å². The molecular weight excluding hydrogens is 336 g/mol. The van der Waals surface area contributed by atoms with Crippen molar-refractivity contribution >= 4 is 0 Å². The van der Waals surface area contributed by atoms with Crippen LogP contribution in [0.3, 0.4) is 0 Å². The maximum atomic E-state index is 8.94. The minimum atomic E-state index is 0.0389. The van der Waals surface area contributed by atoms with Crippen molar-refractivity contribution in [3.8, 4) is 0 Å². The Morgan fingerprint density at radius 2 is 1.15 bits per heavy atom. The molecule has 0 aliphatic carbocycles. The fourth-order valence-corrected chi connectivity index (χ4v) is 2.66. The second kappa shape index (κ2) is 22.8. The first-order valence-corrected chi connectivity index (χ1v) is 10.4. The number of rotatable bonds is 22. The minimum absolute atomic E-state index is 0.0389. The summed E-state index contributed by atoms with van der Waals surface area (Å²) in [6.07, 6.45) is 11.4. The molecule has 0 bridgehead atoms. The van der Waals surface area contributed by atoms with Crippen molar-refractivity contribution in [2.24, 2.45) is 0 Å². The molecular formula is C20H42O6. The highest BCUT2D eigenvalue weighted by Crippen LogP contribution is 2.12. The van der Waals surface area contributed by atoms with Crippen LogP contribution in [0.25, 0.3) is 0 Å². The van der Waals surface area contributed by atoms with Crippen molar-refractivity contribution in [2.45, 2.75) is 70.8 Å². The Labute approximate surface area is 160 Å². The van der Waals surface area contributed by atoms with Crippen molar-refractivity contribution < 1.29 is 29.2 Å². The summed E-state index contributed by atoms with van der Waals surface area (Å²) in [7, 11) is 0. The molecule has 0 aliphatic heterocycles. The standard InChI is InChI=1S/C20H42O6/c1-2-3-4-5-6-7-8-9-10-20(26-14-12-22)19-25-18-17-24-16-15-23-13-11-21/h20-22H,2-19H2,1H3. The molecule has 0 rings (SSSR count). The van der Waals surface area contributed by atoms with Crippen LogP contribution in [-0.4, -0.2) is 75.8 Å². The van der Waals surface area contributed by atoms with Gasteiger partial charge in [0.25, 0.3) is 0 Å². The van der Waals surface area contributed by atoms with Crippen LogP contribution in [0.15, 0.2) is 0 Å². The average molecular weight is 379 g/mol. The first-order chi connectivity index (χ1) is 12.8. The molecule has 0 spiro atoms. The van der Waals surface area contributed by atoms with E-state index >= 15 is 0 Å². The predicted molar refractivity (Wildman–Crippen MR) is 104 cm³/mol. The van der Waals surface area contributed by atoms with E-state index in [9.17, 15) is 0 Å². The van der Waals surface area contributed by atoms with Crippen LogP contribution in [-0.2, 0) is 18.9 Å². The summed E-state index contributed by atoms with van der Waals surface area (Å²) < 4.78 is 21.8. The van der Waals surface area contributed by atoms with Crippen molar-refractivity contribution in [3.05, 3.63) is 0 Å². The van der Waals surface area contributed by atoms with E-state index in [2.05, 4.69) is 6.92 Å². The molecule has 0 aromatic rings. The van der Waals surface area contributed by atoms with E-state index in [1.54, 1.807) is 0 Å². The zero-order valence-electron chi connectivity index (χ0n) is 16.8. The quantitative estimate of drug-likeness (QED) is 0.282. The SMILES string of the molecule is CCCCCCCCCCC(COCCOCCOCCO)OCCO. The molecule has 2 N–H and O–H groups in total. The van der Waals surface area contributed by atoms with Gasteiger partial charge in [0.2, 0.25) is 0 Å². The molecule has 0 aromatic heterocycles. The third kappa shape index (κ3) is 20.1. The first-order valence-electron chi connectivity index (χ1n) is 10.4. The summed E-state index contributed by atoms with van der Waals surface area (Å²) in [5.41, 5.74) is 0. The third-order valence-electron chi connectivity index (χ3n) is 4.11. The molecule has 0 aliphatic rings. The summed E-state index contributed by atoms with van der Waals surface area (Å²) in [6, 6.07) is 0. The minimum Gasteiger partial charge on any atom is -0.394 e. The Morgan fingerprint density at radius 3 is 1.77 bits per heavy atom. The van der Waals surface area contributed by atoms with Gasteiger partial charge < -0.3 is 29.2 Å². The molecule has 1 unspecified atom stereocenters. The topological polar surface area (TPSA) is 77.4 Å². The van der Waals surface area contributed by atoms with Crippen LogP contribution in [0.1, 0.15) is 64.7 Å². The van der Waals surface area contributed by atoms with Gasteiger partial charge in [0.15, 0.2) is 0 Å². The zero-order chi connectivity index (χ0) is 19.1. The Bertz CT molecular complexity index is 252. The number of hydrogen-bond donors (Lipinski definition) is 2. The number of hydrogen-bond acceptors (Lipinski definition) is 6. The van der Waals surface area contributed by atoms with Crippen LogP contribution in [0.2, 0.25) is 0 Å². The summed E-state index contributed by atoms with van der Waals surface area (Å²) >= 11 is 0. The van der Waals surface area contributed by atoms with Crippen LogP contribution in [0.4, 0.5) is 0 Å². The Hall–Kier alpha value is -0.240. The molecule has 0 radical (unpaired) electrons. The summed E-state index contributed by atoms with van der Waals surface area (Å²) in [5, 5.41) is 17.5. The summed E-state index contributed by atoms with van der Waals surface area (Å²) in [5.74, 6) is 0. The van der Waals surface area contributed by atoms with E-state index in [0.29, 0.717) is 46.2 Å². The molecule has 6 heteroatoms. The van der Waals surface area contributed by atoms with Gasteiger partial charge in [-0.3, -0.25) is 0 Å². The maximum absolute atomic E-state index is 8.94. The lowest BCUT2D eigenvalue weighted by atomic mass is 10.1. The molecule has 1 atom stereocenters. The zero-order valence-corrected chi connectivity index (χ0v) is 16.8. The average Bonchev–Trinajstić information content (AvgIpc) is 2.66. The first kappa shape index (κ1) is 25.8. The van der Waals surface area contributed by atoms with E-state index in [1.807, 2.05) is 0 Å². The van der Waals surface area contributed by atoms with Crippen molar-refractivity contribution in [1.82, 2.24) is 0 Å². The largest absolute Gasteiger partial charge is 0.394 e. The molecule has 158 valence electrons. The van der Waals surface area contributed by atoms with Crippen LogP contribution < -0.4 is 0 Å². The lowest BCUT2D eigenvalue weighted by Gasteiger charge is -2.17. The summed E-state index contributed by atoms with van der Waals surface area (Å²) in [4.78, 5) is 0. The predicted octanol–water partition coefficient (Wildman–Crippen LogP) is 2.94. The van der Waals surface area contributed by atoms with Gasteiger partial charge >= 0.3 is 0 Å². The van der Waals surface area contributed by atoms with Gasteiger partial charge in [-0.25, -0.2) is 0 Å². The van der Waals surface area contributed by atoms with Gasteiger partial charge in [-0.1, -0.05) is 58.3 Å². The summed E-state index contributed by atoms with van der Waals surface area (Å²) in [6.45, 7) is 5.63. The van der Waals surface area contributed by atoms with Crippen LogP contribution in [0.5, 0.6) is 0 Å². The van der Waals surface area contributed by atoms with Crippen molar-refractivity contribution in [1.29, 1.82) is 0 Å². The normalized spacial score (nSPS) is 12.6. The van der Waals surface area contributed by atoms with Gasteiger partial charge in [0.1, 0.15) is 0 Å². The number of ether oxygens (including phenoxy) is 4. The maximum Gasteiger partial charge on any atom is 0.0809 e. The number of aliphatic hydroxyl groups is 2. The van der Waals surface area contributed by atoms with Gasteiger partial charge in [-0.15, -0.1) is 0 Å². The number of aliphatic hydroxyl groups excluding tert-OH is 2. The van der Waals surface area contributed by atoms with Gasteiger partial charge in [-0.2, -0.15) is 0 Å². The molecule has 0 aromatic carbocycles. The van der Waals surface area contributed by atoms with E-state index < -0.39 is 0 Å². The second-order valence-electron chi connectivity index (χ2n) is 6.50. The molecule has 0 fully saturated rings. The van der Waals surface area contributed by atoms with E-state index in [1.165, 1.54) is 44.9 Å². The van der Waals surface area contributed by atoms with E-state index in [0.717, 1.165) is 12.8 Å². The molecule has 0 saturated heterocycles. The van der Waals surface area contributed by atoms with Crippen LogP contribution >= 0.6 is 0 Å². The lowest BCUT2D eigenvalue weighted by molar-refractivity contribution is -0.0471. The highest BCUT2D eigenvalue weighted by Gasteiger charge is 2.09. The van der Waals surface area contributed by atoms with Crippen molar-refractivity contribution in [3.63, 3.8) is 0 Å². The molecule has 0 heterocycles. The third-order valence-corrected chi connectivity index (χ3v) is 4.11. The van der Waals surface area contributed by atoms with Gasteiger partial charge in [-0.05, 0) is 6.42 Å². The highest BCUT2D eigenvalue weighted by molar-refractivity contribution is 4.58. The molecule has 0 saturated carbocycles. The second-order valence-corrected chi connectivity index (χ2v) is 6.50. The van der Waals surface area contributed by atoms with Gasteiger partial charge in [0, 0.05) is 0 Å². The van der Waals surface area contributed by atoms with Crippen molar-refractivity contribution in [2.75, 3.05) is 59.5 Å². The fourth-order valence-electron chi connectivity index (χ4n) is 2.66. The molecule has 0 amide bonds. The van der Waals surface area contributed by atoms with Crippen LogP contribution in [0, 0.1) is 0 Å². The lowest BCUT2D eigenvalue weighted by Crippen LogP contribution is -2.23. The Morgan fingerprint density at radius 1 is 0.615 bits per heavy atom. The van der Waals surface area contributed by atoms with E-state index in [4.69, 9.17) is 29.2 Å². The monoisotopic (exact) mass is 378 g/mol. The Balaban J connectivity index is 3.53. The highest BCUT2D eigenvalue weighted by atomic mass is 16.6. The fraction of sp³-hybridized carbons (Fsp3) is 1.00. The smallest absolute Gasteiger partial charge is 0.0809 e.